The van der Waals surface area contributed by atoms with Crippen molar-refractivity contribution in [1.29, 1.82) is 0 Å². The normalized spacial score (nSPS) is 12.2. The van der Waals surface area contributed by atoms with Crippen LogP contribution in [0.2, 0.25) is 5.02 Å². The summed E-state index contributed by atoms with van der Waals surface area (Å²) in [6, 6.07) is 15.3. The van der Waals surface area contributed by atoms with E-state index in [1.807, 2.05) is 43.3 Å². The van der Waals surface area contributed by atoms with Gasteiger partial charge in [0.1, 0.15) is 11.5 Å². The molecule has 1 N–H and O–H groups in total. The van der Waals surface area contributed by atoms with E-state index in [9.17, 15) is 0 Å². The highest BCUT2D eigenvalue weighted by molar-refractivity contribution is 6.30. The number of hydrogen-bond acceptors (Lipinski definition) is 3. The van der Waals surface area contributed by atoms with Crippen LogP contribution in [0.4, 0.5) is 0 Å². The first-order valence-corrected chi connectivity index (χ1v) is 6.39. The van der Waals surface area contributed by atoms with Gasteiger partial charge in [-0.05, 0) is 48.9 Å². The van der Waals surface area contributed by atoms with Crippen LogP contribution in [-0.4, -0.2) is 7.11 Å². The monoisotopic (exact) mass is 277 g/mol. The van der Waals surface area contributed by atoms with E-state index < -0.39 is 0 Å². The minimum Gasteiger partial charge on any atom is -0.457 e. The fourth-order valence-corrected chi connectivity index (χ4v) is 1.83. The lowest BCUT2D eigenvalue weighted by atomic mass is 10.1. The average Bonchev–Trinajstić information content (AvgIpc) is 2.42. The van der Waals surface area contributed by atoms with Crippen molar-refractivity contribution in [2.75, 3.05) is 7.11 Å². The molecule has 2 aromatic rings. The standard InChI is InChI=1S/C15H16ClNO2/c1-11(17-18-2)12-3-7-14(8-4-12)19-15-9-5-13(16)6-10-15/h3-11,17H,1-2H3. The number of hydrogen-bond donors (Lipinski definition) is 1. The smallest absolute Gasteiger partial charge is 0.127 e. The van der Waals surface area contributed by atoms with Crippen molar-refractivity contribution in [1.82, 2.24) is 5.48 Å². The number of nitrogens with one attached hydrogen (secondary N) is 1. The van der Waals surface area contributed by atoms with Gasteiger partial charge >= 0.3 is 0 Å². The maximum absolute atomic E-state index is 5.83. The van der Waals surface area contributed by atoms with E-state index in [4.69, 9.17) is 21.2 Å². The van der Waals surface area contributed by atoms with E-state index in [2.05, 4.69) is 5.48 Å². The summed E-state index contributed by atoms with van der Waals surface area (Å²) in [6.45, 7) is 2.03. The SMILES string of the molecule is CONC(C)c1ccc(Oc2ccc(Cl)cc2)cc1. The molecule has 0 aromatic heterocycles. The number of rotatable bonds is 5. The zero-order valence-electron chi connectivity index (χ0n) is 10.9. The summed E-state index contributed by atoms with van der Waals surface area (Å²) in [5.74, 6) is 1.55. The predicted octanol–water partition coefficient (Wildman–Crippen LogP) is 4.34. The van der Waals surface area contributed by atoms with E-state index in [0.717, 1.165) is 17.1 Å². The number of halogens is 1. The minimum absolute atomic E-state index is 0.134. The lowest BCUT2D eigenvalue weighted by Crippen LogP contribution is -2.16. The zero-order chi connectivity index (χ0) is 13.7. The van der Waals surface area contributed by atoms with Crippen LogP contribution < -0.4 is 10.2 Å². The van der Waals surface area contributed by atoms with Gasteiger partial charge in [0.2, 0.25) is 0 Å². The second-order valence-corrected chi connectivity index (χ2v) is 4.61. The zero-order valence-corrected chi connectivity index (χ0v) is 11.6. The molecule has 0 saturated carbocycles. The first-order chi connectivity index (χ1) is 9.19. The van der Waals surface area contributed by atoms with Crippen LogP contribution >= 0.6 is 11.6 Å². The highest BCUT2D eigenvalue weighted by Crippen LogP contribution is 2.24. The van der Waals surface area contributed by atoms with Gasteiger partial charge in [-0.1, -0.05) is 23.7 Å². The maximum atomic E-state index is 5.83. The Morgan fingerprint density at radius 3 is 2.00 bits per heavy atom. The van der Waals surface area contributed by atoms with Crippen molar-refractivity contribution in [3.63, 3.8) is 0 Å². The first kappa shape index (κ1) is 13.9. The highest BCUT2D eigenvalue weighted by Gasteiger charge is 2.04. The molecule has 0 radical (unpaired) electrons. The Bertz CT molecular complexity index is 511. The Hall–Kier alpha value is -1.55. The maximum Gasteiger partial charge on any atom is 0.127 e. The second kappa shape index (κ2) is 6.57. The quantitative estimate of drug-likeness (QED) is 0.825. The summed E-state index contributed by atoms with van der Waals surface area (Å²) in [5, 5.41) is 0.696. The van der Waals surface area contributed by atoms with Crippen molar-refractivity contribution in [2.24, 2.45) is 0 Å². The van der Waals surface area contributed by atoms with Gasteiger partial charge in [-0.2, -0.15) is 5.48 Å². The molecule has 0 aliphatic carbocycles. The fourth-order valence-electron chi connectivity index (χ4n) is 1.71. The van der Waals surface area contributed by atoms with Gasteiger partial charge in [0.05, 0.1) is 13.2 Å². The molecule has 0 heterocycles. The van der Waals surface area contributed by atoms with Gasteiger partial charge in [-0.15, -0.1) is 0 Å². The van der Waals surface area contributed by atoms with E-state index in [1.165, 1.54) is 0 Å². The summed E-state index contributed by atoms with van der Waals surface area (Å²) in [6.07, 6.45) is 0. The molecular weight excluding hydrogens is 262 g/mol. The predicted molar refractivity (Wildman–Crippen MR) is 76.5 cm³/mol. The van der Waals surface area contributed by atoms with Gasteiger partial charge in [-0.25, -0.2) is 0 Å². The molecule has 3 nitrogen and oxygen atoms in total. The van der Waals surface area contributed by atoms with Crippen molar-refractivity contribution in [3.05, 3.63) is 59.1 Å². The summed E-state index contributed by atoms with van der Waals surface area (Å²) in [4.78, 5) is 4.90. The molecule has 0 aliphatic heterocycles. The van der Waals surface area contributed by atoms with Crippen molar-refractivity contribution >= 4 is 11.6 Å². The number of ether oxygens (including phenoxy) is 1. The molecule has 0 bridgehead atoms. The van der Waals surface area contributed by atoms with Gasteiger partial charge in [0, 0.05) is 5.02 Å². The molecule has 0 spiro atoms. The van der Waals surface area contributed by atoms with Crippen LogP contribution in [0.5, 0.6) is 11.5 Å². The number of benzene rings is 2. The van der Waals surface area contributed by atoms with E-state index in [-0.39, 0.29) is 6.04 Å². The molecule has 0 fully saturated rings. The van der Waals surface area contributed by atoms with E-state index in [1.54, 1.807) is 19.2 Å². The van der Waals surface area contributed by atoms with E-state index in [0.29, 0.717) is 5.02 Å². The molecule has 2 rings (SSSR count). The Labute approximate surface area is 118 Å². The Morgan fingerprint density at radius 2 is 1.47 bits per heavy atom. The molecule has 0 amide bonds. The van der Waals surface area contributed by atoms with Crippen LogP contribution in [0.15, 0.2) is 48.5 Å². The van der Waals surface area contributed by atoms with Crippen LogP contribution in [0.25, 0.3) is 0 Å². The molecular formula is C15H16ClNO2. The van der Waals surface area contributed by atoms with Crippen molar-refractivity contribution in [2.45, 2.75) is 13.0 Å². The van der Waals surface area contributed by atoms with Crippen LogP contribution in [0.1, 0.15) is 18.5 Å². The highest BCUT2D eigenvalue weighted by atomic mass is 35.5. The molecule has 1 unspecified atom stereocenters. The fraction of sp³-hybridized carbons (Fsp3) is 0.200. The largest absolute Gasteiger partial charge is 0.457 e. The van der Waals surface area contributed by atoms with Gasteiger partial charge in [0.25, 0.3) is 0 Å². The average molecular weight is 278 g/mol. The third-order valence-corrected chi connectivity index (χ3v) is 2.98. The lowest BCUT2D eigenvalue weighted by molar-refractivity contribution is 0.0658. The Morgan fingerprint density at radius 1 is 0.947 bits per heavy atom. The van der Waals surface area contributed by atoms with Gasteiger partial charge in [0.15, 0.2) is 0 Å². The van der Waals surface area contributed by atoms with Crippen molar-refractivity contribution < 1.29 is 9.57 Å². The van der Waals surface area contributed by atoms with Crippen molar-refractivity contribution in [3.8, 4) is 11.5 Å². The topological polar surface area (TPSA) is 30.5 Å². The molecule has 19 heavy (non-hydrogen) atoms. The third kappa shape index (κ3) is 3.96. The molecule has 4 heteroatoms. The van der Waals surface area contributed by atoms with Gasteiger partial charge in [-0.3, -0.25) is 0 Å². The van der Waals surface area contributed by atoms with Gasteiger partial charge < -0.3 is 9.57 Å². The van der Waals surface area contributed by atoms with Crippen LogP contribution in [0, 0.1) is 0 Å². The molecule has 100 valence electrons. The molecule has 2 aromatic carbocycles. The summed E-state index contributed by atoms with van der Waals surface area (Å²) in [7, 11) is 1.61. The molecule has 0 aliphatic rings. The number of hydroxylamine groups is 1. The summed E-state index contributed by atoms with van der Waals surface area (Å²) < 4.78 is 5.72. The van der Waals surface area contributed by atoms with E-state index >= 15 is 0 Å². The summed E-state index contributed by atoms with van der Waals surface area (Å²) in [5.41, 5.74) is 4.01. The Balaban J connectivity index is 2.04. The summed E-state index contributed by atoms with van der Waals surface area (Å²) >= 11 is 5.83. The second-order valence-electron chi connectivity index (χ2n) is 4.17. The third-order valence-electron chi connectivity index (χ3n) is 2.72. The molecule has 0 saturated heterocycles. The van der Waals surface area contributed by atoms with Crippen LogP contribution in [0.3, 0.4) is 0 Å². The molecule has 1 atom stereocenters. The van der Waals surface area contributed by atoms with Crippen LogP contribution in [-0.2, 0) is 4.84 Å². The lowest BCUT2D eigenvalue weighted by Gasteiger charge is -2.13. The minimum atomic E-state index is 0.134. The first-order valence-electron chi connectivity index (χ1n) is 6.01. The Kier molecular flexibility index (Phi) is 4.80.